The molecule has 1 aromatic rings. The van der Waals surface area contributed by atoms with Crippen LogP contribution in [-0.2, 0) is 15.7 Å². The Balaban J connectivity index is 2.14. The zero-order valence-electron chi connectivity index (χ0n) is 12.4. The summed E-state index contributed by atoms with van der Waals surface area (Å²) in [7, 11) is 1.30. The molecule has 124 valence electrons. The van der Waals surface area contributed by atoms with E-state index in [1.165, 1.54) is 7.11 Å². The van der Waals surface area contributed by atoms with Crippen molar-refractivity contribution in [3.8, 4) is 6.07 Å². The van der Waals surface area contributed by atoms with Gasteiger partial charge in [-0.15, -0.1) is 0 Å². The summed E-state index contributed by atoms with van der Waals surface area (Å²) in [5, 5.41) is 9.08. The van der Waals surface area contributed by atoms with Crippen molar-refractivity contribution in [3.05, 3.63) is 23.4 Å². The van der Waals surface area contributed by atoms with E-state index >= 15 is 0 Å². The molecule has 0 aliphatic carbocycles. The van der Waals surface area contributed by atoms with Gasteiger partial charge in [0.2, 0.25) is 0 Å². The zero-order chi connectivity index (χ0) is 17.0. The quantitative estimate of drug-likeness (QED) is 0.778. The smallest absolute Gasteiger partial charge is 0.433 e. The average Bonchev–Trinajstić information content (AvgIpc) is 2.54. The summed E-state index contributed by atoms with van der Waals surface area (Å²) in [5.41, 5.74) is -0.928. The molecule has 1 aromatic heterocycles. The molecule has 1 fully saturated rings. The molecule has 0 radical (unpaired) electrons. The third-order valence-electron chi connectivity index (χ3n) is 3.54. The molecule has 6 nitrogen and oxygen atoms in total. The van der Waals surface area contributed by atoms with Crippen LogP contribution in [0.5, 0.6) is 0 Å². The minimum atomic E-state index is -4.56. The number of piperazine rings is 1. The first kappa shape index (κ1) is 17.0. The summed E-state index contributed by atoms with van der Waals surface area (Å²) in [5.74, 6) is -0.339. The monoisotopic (exact) mass is 328 g/mol. The van der Waals surface area contributed by atoms with E-state index in [1.54, 1.807) is 4.90 Å². The average molecular weight is 328 g/mol. The number of aromatic nitrogens is 1. The van der Waals surface area contributed by atoms with E-state index in [2.05, 4.69) is 9.72 Å². The van der Waals surface area contributed by atoms with E-state index in [4.69, 9.17) is 5.26 Å². The van der Waals surface area contributed by atoms with E-state index in [0.717, 1.165) is 12.1 Å². The number of hydrogen-bond donors (Lipinski definition) is 0. The van der Waals surface area contributed by atoms with Gasteiger partial charge in [-0.05, 0) is 12.1 Å². The second-order valence-corrected chi connectivity index (χ2v) is 5.02. The summed E-state index contributed by atoms with van der Waals surface area (Å²) in [6, 6.07) is 3.80. The lowest BCUT2D eigenvalue weighted by molar-refractivity contribution is -0.142. The van der Waals surface area contributed by atoms with Crippen LogP contribution in [0.15, 0.2) is 12.1 Å². The topological polar surface area (TPSA) is 69.5 Å². The van der Waals surface area contributed by atoms with Crippen molar-refractivity contribution >= 4 is 11.8 Å². The van der Waals surface area contributed by atoms with Crippen molar-refractivity contribution < 1.29 is 22.7 Å². The van der Waals surface area contributed by atoms with Crippen LogP contribution in [-0.4, -0.2) is 55.7 Å². The molecule has 0 aromatic carbocycles. The fourth-order valence-corrected chi connectivity index (χ4v) is 2.30. The number of esters is 1. The summed E-state index contributed by atoms with van der Waals surface area (Å²) in [6.45, 7) is 1.82. The van der Waals surface area contributed by atoms with Gasteiger partial charge in [0.25, 0.3) is 0 Å². The summed E-state index contributed by atoms with van der Waals surface area (Å²) < 4.78 is 43.0. The molecular formula is C14H15F3N4O2. The van der Waals surface area contributed by atoms with Gasteiger partial charge >= 0.3 is 12.1 Å². The molecule has 2 rings (SSSR count). The number of anilines is 1. The van der Waals surface area contributed by atoms with Gasteiger partial charge in [0.15, 0.2) is 0 Å². The number of alkyl halides is 3. The second-order valence-electron chi connectivity index (χ2n) is 5.02. The molecule has 9 heteroatoms. The van der Waals surface area contributed by atoms with Crippen LogP contribution in [0.1, 0.15) is 11.3 Å². The third kappa shape index (κ3) is 4.10. The Morgan fingerprint density at radius 3 is 2.52 bits per heavy atom. The molecule has 1 aliphatic heterocycles. The molecular weight excluding hydrogens is 313 g/mol. The maximum absolute atomic E-state index is 12.8. The summed E-state index contributed by atoms with van der Waals surface area (Å²) in [6.07, 6.45) is -4.56. The van der Waals surface area contributed by atoms with E-state index < -0.39 is 11.9 Å². The molecule has 23 heavy (non-hydrogen) atoms. The number of rotatable bonds is 3. The number of methoxy groups -OCH3 is 1. The van der Waals surface area contributed by atoms with E-state index in [0.29, 0.717) is 26.2 Å². The van der Waals surface area contributed by atoms with Crippen molar-refractivity contribution in [2.45, 2.75) is 6.18 Å². The molecule has 0 N–H and O–H groups in total. The SMILES string of the molecule is COC(=O)CN1CCN(c2nc(C(F)(F)F)ccc2C#N)CC1. The number of nitrogens with zero attached hydrogens (tertiary/aromatic N) is 4. The summed E-state index contributed by atoms with van der Waals surface area (Å²) >= 11 is 0. The first-order valence-corrected chi connectivity index (χ1v) is 6.87. The Kier molecular flexibility index (Phi) is 5.05. The Morgan fingerprint density at radius 2 is 2.00 bits per heavy atom. The van der Waals surface area contributed by atoms with Crippen LogP contribution < -0.4 is 4.90 Å². The Morgan fingerprint density at radius 1 is 1.35 bits per heavy atom. The predicted molar refractivity (Wildman–Crippen MR) is 74.6 cm³/mol. The normalized spacial score (nSPS) is 16.0. The van der Waals surface area contributed by atoms with Gasteiger partial charge < -0.3 is 9.64 Å². The van der Waals surface area contributed by atoms with Crippen molar-refractivity contribution in [1.82, 2.24) is 9.88 Å². The van der Waals surface area contributed by atoms with Crippen LogP contribution in [0.3, 0.4) is 0 Å². The molecule has 1 aliphatic rings. The van der Waals surface area contributed by atoms with Gasteiger partial charge in [0, 0.05) is 26.2 Å². The van der Waals surface area contributed by atoms with Gasteiger partial charge in [0.05, 0.1) is 19.2 Å². The molecule has 0 atom stereocenters. The highest BCUT2D eigenvalue weighted by atomic mass is 19.4. The Bertz CT molecular complexity index is 619. The zero-order valence-corrected chi connectivity index (χ0v) is 12.4. The van der Waals surface area contributed by atoms with Gasteiger partial charge in [0.1, 0.15) is 17.6 Å². The van der Waals surface area contributed by atoms with E-state index in [-0.39, 0.29) is 23.9 Å². The highest BCUT2D eigenvalue weighted by Gasteiger charge is 2.34. The largest absolute Gasteiger partial charge is 0.468 e. The predicted octanol–water partition coefficient (Wildman–Crippen LogP) is 1.27. The maximum atomic E-state index is 12.8. The fraction of sp³-hybridized carbons (Fsp3) is 0.500. The molecule has 0 saturated carbocycles. The molecule has 0 unspecified atom stereocenters. The number of halogens is 3. The van der Waals surface area contributed by atoms with Crippen LogP contribution in [0.2, 0.25) is 0 Å². The van der Waals surface area contributed by atoms with E-state index in [9.17, 15) is 18.0 Å². The number of carbonyl (C=O) groups is 1. The van der Waals surface area contributed by atoms with Crippen molar-refractivity contribution in [2.24, 2.45) is 0 Å². The van der Waals surface area contributed by atoms with Crippen molar-refractivity contribution in [2.75, 3.05) is 44.7 Å². The highest BCUT2D eigenvalue weighted by molar-refractivity contribution is 5.71. The lowest BCUT2D eigenvalue weighted by Gasteiger charge is -2.35. The standard InChI is InChI=1S/C14H15F3N4O2/c1-23-12(22)9-20-4-6-21(7-5-20)13-10(8-18)2-3-11(19-13)14(15,16)17/h2-3H,4-7,9H2,1H3. The first-order valence-electron chi connectivity index (χ1n) is 6.87. The van der Waals surface area contributed by atoms with Crippen LogP contribution in [0.4, 0.5) is 19.0 Å². The number of hydrogen-bond acceptors (Lipinski definition) is 6. The number of carbonyl (C=O) groups excluding carboxylic acids is 1. The minimum absolute atomic E-state index is 0.0278. The minimum Gasteiger partial charge on any atom is -0.468 e. The number of ether oxygens (including phenoxy) is 1. The lowest BCUT2D eigenvalue weighted by Crippen LogP contribution is -2.48. The van der Waals surface area contributed by atoms with Gasteiger partial charge in [-0.3, -0.25) is 9.69 Å². The summed E-state index contributed by atoms with van der Waals surface area (Å²) in [4.78, 5) is 18.3. The Hall–Kier alpha value is -2.34. The highest BCUT2D eigenvalue weighted by Crippen LogP contribution is 2.30. The maximum Gasteiger partial charge on any atom is 0.433 e. The van der Waals surface area contributed by atoms with Crippen LogP contribution in [0.25, 0.3) is 0 Å². The second kappa shape index (κ2) is 6.83. The third-order valence-corrected chi connectivity index (χ3v) is 3.54. The number of pyridine rings is 1. The molecule has 0 amide bonds. The van der Waals surface area contributed by atoms with Gasteiger partial charge in [-0.25, -0.2) is 4.98 Å². The first-order chi connectivity index (χ1) is 10.8. The van der Waals surface area contributed by atoms with E-state index in [1.807, 2.05) is 11.0 Å². The van der Waals surface area contributed by atoms with Crippen LogP contribution in [0, 0.1) is 11.3 Å². The Labute approximate surface area is 131 Å². The van der Waals surface area contributed by atoms with Crippen molar-refractivity contribution in [1.29, 1.82) is 5.26 Å². The molecule has 1 saturated heterocycles. The molecule has 0 spiro atoms. The van der Waals surface area contributed by atoms with Gasteiger partial charge in [-0.1, -0.05) is 0 Å². The lowest BCUT2D eigenvalue weighted by atomic mass is 10.2. The molecule has 2 heterocycles. The van der Waals surface area contributed by atoms with Crippen LogP contribution >= 0.6 is 0 Å². The number of nitriles is 1. The van der Waals surface area contributed by atoms with Gasteiger partial charge in [-0.2, -0.15) is 18.4 Å². The fourth-order valence-electron chi connectivity index (χ4n) is 2.30. The van der Waals surface area contributed by atoms with Crippen molar-refractivity contribution in [3.63, 3.8) is 0 Å². The molecule has 0 bridgehead atoms.